The fourth-order valence-corrected chi connectivity index (χ4v) is 3.04. The minimum absolute atomic E-state index is 0.215. The third kappa shape index (κ3) is 4.16. The average Bonchev–Trinajstić information content (AvgIpc) is 3.09. The Morgan fingerprint density at radius 1 is 1.30 bits per heavy atom. The zero-order valence-corrected chi connectivity index (χ0v) is 13.5. The lowest BCUT2D eigenvalue weighted by atomic mass is 9.94. The minimum Gasteiger partial charge on any atom is -0.381 e. The van der Waals surface area contributed by atoms with Gasteiger partial charge in [0.25, 0.3) is 0 Å². The van der Waals surface area contributed by atoms with Gasteiger partial charge < -0.3 is 14.8 Å². The van der Waals surface area contributed by atoms with Crippen molar-refractivity contribution < 1.29 is 9.47 Å². The summed E-state index contributed by atoms with van der Waals surface area (Å²) in [4.78, 5) is 0. The summed E-state index contributed by atoms with van der Waals surface area (Å²) in [6.45, 7) is 3.15. The van der Waals surface area contributed by atoms with Crippen LogP contribution >= 0.6 is 0 Å². The van der Waals surface area contributed by atoms with Crippen molar-refractivity contribution in [1.82, 2.24) is 20.1 Å². The predicted molar refractivity (Wildman–Crippen MR) is 87.4 cm³/mol. The van der Waals surface area contributed by atoms with Crippen LogP contribution in [0.1, 0.15) is 18.7 Å². The fraction of sp³-hybridized carbons (Fsp3) is 0.529. The maximum Gasteiger partial charge on any atom is 0.151 e. The number of aromatic nitrogens is 3. The smallest absolute Gasteiger partial charge is 0.151 e. The van der Waals surface area contributed by atoms with E-state index in [1.165, 1.54) is 0 Å². The summed E-state index contributed by atoms with van der Waals surface area (Å²) in [6, 6.07) is 10.1. The highest BCUT2D eigenvalue weighted by Crippen LogP contribution is 2.20. The van der Waals surface area contributed by atoms with Crippen LogP contribution in [-0.2, 0) is 16.0 Å². The highest BCUT2D eigenvalue weighted by atomic mass is 16.5. The minimum atomic E-state index is 0.215. The van der Waals surface area contributed by atoms with E-state index in [2.05, 4.69) is 15.5 Å². The van der Waals surface area contributed by atoms with Crippen LogP contribution < -0.4 is 5.32 Å². The van der Waals surface area contributed by atoms with Gasteiger partial charge in [0, 0.05) is 32.6 Å². The highest BCUT2D eigenvalue weighted by Gasteiger charge is 2.23. The van der Waals surface area contributed by atoms with Crippen LogP contribution in [0.4, 0.5) is 0 Å². The largest absolute Gasteiger partial charge is 0.381 e. The van der Waals surface area contributed by atoms with Gasteiger partial charge in [-0.3, -0.25) is 4.57 Å². The molecule has 124 valence electrons. The molecule has 1 aliphatic heterocycles. The maximum atomic E-state index is 5.66. The van der Waals surface area contributed by atoms with E-state index < -0.39 is 0 Å². The molecule has 0 radical (unpaired) electrons. The van der Waals surface area contributed by atoms with Crippen molar-refractivity contribution in [2.75, 3.05) is 26.9 Å². The number of para-hydroxylation sites is 1. The summed E-state index contributed by atoms with van der Waals surface area (Å²) in [7, 11) is 1.79. The first-order valence-corrected chi connectivity index (χ1v) is 8.14. The molecule has 0 saturated carbocycles. The highest BCUT2D eigenvalue weighted by molar-refractivity contribution is 5.31. The van der Waals surface area contributed by atoms with E-state index in [-0.39, 0.29) is 6.10 Å². The monoisotopic (exact) mass is 316 g/mol. The second-order valence-corrected chi connectivity index (χ2v) is 5.81. The Balaban J connectivity index is 1.55. The Hall–Kier alpha value is -1.76. The van der Waals surface area contributed by atoms with E-state index >= 15 is 0 Å². The molecule has 0 aliphatic carbocycles. The Morgan fingerprint density at radius 3 is 2.83 bits per heavy atom. The lowest BCUT2D eigenvalue weighted by Crippen LogP contribution is -2.37. The number of nitrogens with zero attached hydrogens (tertiary/aromatic N) is 3. The number of methoxy groups -OCH3 is 1. The van der Waals surface area contributed by atoms with Crippen molar-refractivity contribution in [3.63, 3.8) is 0 Å². The summed E-state index contributed by atoms with van der Waals surface area (Å²) in [5.41, 5.74) is 1.07. The Kier molecular flexibility index (Phi) is 5.74. The van der Waals surface area contributed by atoms with Gasteiger partial charge in [0.1, 0.15) is 6.33 Å². The maximum absolute atomic E-state index is 5.66. The first-order chi connectivity index (χ1) is 11.4. The van der Waals surface area contributed by atoms with Crippen molar-refractivity contribution in [2.45, 2.75) is 25.5 Å². The summed E-state index contributed by atoms with van der Waals surface area (Å²) >= 11 is 0. The first kappa shape index (κ1) is 16.1. The molecule has 6 nitrogen and oxygen atoms in total. The standard InChI is InChI=1S/C17H24N4O2/c1-22-16(14-7-9-23-10-8-14)11-18-12-17-20-19-13-21(17)15-5-3-2-4-6-15/h2-6,13-14,16,18H,7-12H2,1H3. The van der Waals surface area contributed by atoms with Crippen LogP contribution in [0.5, 0.6) is 0 Å². The molecule has 23 heavy (non-hydrogen) atoms. The average molecular weight is 316 g/mol. The number of hydrogen-bond donors (Lipinski definition) is 1. The molecule has 0 spiro atoms. The molecule has 6 heteroatoms. The summed E-state index contributed by atoms with van der Waals surface area (Å²) in [5, 5.41) is 11.7. The zero-order valence-electron chi connectivity index (χ0n) is 13.5. The van der Waals surface area contributed by atoms with Crippen LogP contribution in [-0.4, -0.2) is 47.7 Å². The van der Waals surface area contributed by atoms with Gasteiger partial charge in [0.05, 0.1) is 12.6 Å². The van der Waals surface area contributed by atoms with E-state index in [1.807, 2.05) is 34.9 Å². The molecular formula is C17H24N4O2. The number of hydrogen-bond acceptors (Lipinski definition) is 5. The van der Waals surface area contributed by atoms with E-state index in [1.54, 1.807) is 13.4 Å². The molecular weight excluding hydrogens is 292 g/mol. The van der Waals surface area contributed by atoms with Gasteiger partial charge in [0.2, 0.25) is 0 Å². The van der Waals surface area contributed by atoms with Gasteiger partial charge in [-0.15, -0.1) is 10.2 Å². The Bertz CT molecular complexity index is 581. The molecule has 1 unspecified atom stereocenters. The van der Waals surface area contributed by atoms with Crippen LogP contribution in [0.15, 0.2) is 36.7 Å². The van der Waals surface area contributed by atoms with E-state index in [9.17, 15) is 0 Å². The number of ether oxygens (including phenoxy) is 2. The van der Waals surface area contributed by atoms with Crippen LogP contribution in [0.3, 0.4) is 0 Å². The normalized spacial score (nSPS) is 17.3. The first-order valence-electron chi connectivity index (χ1n) is 8.14. The van der Waals surface area contributed by atoms with Gasteiger partial charge in [-0.05, 0) is 30.9 Å². The third-order valence-corrected chi connectivity index (χ3v) is 4.38. The second kappa shape index (κ2) is 8.19. The molecule has 3 rings (SSSR count). The van der Waals surface area contributed by atoms with Gasteiger partial charge >= 0.3 is 0 Å². The number of rotatable bonds is 7. The van der Waals surface area contributed by atoms with Crippen molar-refractivity contribution >= 4 is 0 Å². The lowest BCUT2D eigenvalue weighted by Gasteiger charge is -2.29. The summed E-state index contributed by atoms with van der Waals surface area (Å²) in [6.07, 6.45) is 4.10. The summed E-state index contributed by atoms with van der Waals surface area (Å²) < 4.78 is 13.1. The Morgan fingerprint density at radius 2 is 2.09 bits per heavy atom. The number of benzene rings is 1. The molecule has 1 N–H and O–H groups in total. The molecule has 1 fully saturated rings. The van der Waals surface area contributed by atoms with Crippen molar-refractivity contribution in [3.8, 4) is 5.69 Å². The van der Waals surface area contributed by atoms with Crippen molar-refractivity contribution in [2.24, 2.45) is 5.92 Å². The Labute approximate surface area is 136 Å². The third-order valence-electron chi connectivity index (χ3n) is 4.38. The van der Waals surface area contributed by atoms with Crippen LogP contribution in [0, 0.1) is 5.92 Å². The molecule has 1 aromatic carbocycles. The lowest BCUT2D eigenvalue weighted by molar-refractivity contribution is -0.0125. The van der Waals surface area contributed by atoms with Crippen molar-refractivity contribution in [1.29, 1.82) is 0 Å². The molecule has 1 saturated heterocycles. The quantitative estimate of drug-likeness (QED) is 0.844. The molecule has 0 amide bonds. The fourth-order valence-electron chi connectivity index (χ4n) is 3.04. The van der Waals surface area contributed by atoms with Crippen LogP contribution in [0.2, 0.25) is 0 Å². The van der Waals surface area contributed by atoms with Gasteiger partial charge in [-0.1, -0.05) is 18.2 Å². The number of nitrogens with one attached hydrogen (secondary N) is 1. The van der Waals surface area contributed by atoms with E-state index in [0.29, 0.717) is 12.5 Å². The van der Waals surface area contributed by atoms with Gasteiger partial charge in [0.15, 0.2) is 5.82 Å². The summed E-state index contributed by atoms with van der Waals surface area (Å²) in [5.74, 6) is 1.46. The molecule has 1 atom stereocenters. The zero-order chi connectivity index (χ0) is 15.9. The molecule has 1 aromatic heterocycles. The molecule has 1 aliphatic rings. The SMILES string of the molecule is COC(CNCc1nncn1-c1ccccc1)C1CCOCC1. The molecule has 2 heterocycles. The molecule has 0 bridgehead atoms. The van der Waals surface area contributed by atoms with Gasteiger partial charge in [-0.2, -0.15) is 0 Å². The van der Waals surface area contributed by atoms with Crippen LogP contribution in [0.25, 0.3) is 5.69 Å². The van der Waals surface area contributed by atoms with E-state index in [0.717, 1.165) is 44.1 Å². The second-order valence-electron chi connectivity index (χ2n) is 5.81. The van der Waals surface area contributed by atoms with E-state index in [4.69, 9.17) is 9.47 Å². The molecule has 2 aromatic rings. The topological polar surface area (TPSA) is 61.2 Å². The van der Waals surface area contributed by atoms with Gasteiger partial charge in [-0.25, -0.2) is 0 Å². The van der Waals surface area contributed by atoms with Crippen molar-refractivity contribution in [3.05, 3.63) is 42.5 Å². The predicted octanol–water partition coefficient (Wildman–Crippen LogP) is 1.80.